The zero-order chi connectivity index (χ0) is 12.6. The maximum atomic E-state index is 3.30. The van der Waals surface area contributed by atoms with Crippen molar-refractivity contribution in [1.29, 1.82) is 0 Å². The van der Waals surface area contributed by atoms with Crippen molar-refractivity contribution in [2.24, 2.45) is 11.8 Å². The van der Waals surface area contributed by atoms with Gasteiger partial charge in [0.25, 0.3) is 0 Å². The van der Waals surface area contributed by atoms with Crippen LogP contribution in [-0.2, 0) is 0 Å². The highest BCUT2D eigenvalue weighted by Crippen LogP contribution is 2.06. The van der Waals surface area contributed by atoms with Crippen LogP contribution < -0.4 is 5.32 Å². The molecular formula is C14H32N2. The van der Waals surface area contributed by atoms with Crippen LogP contribution in [0.4, 0.5) is 0 Å². The maximum Gasteiger partial charge on any atom is 0.00362 e. The summed E-state index contributed by atoms with van der Waals surface area (Å²) in [4.78, 5) is 2.62. The van der Waals surface area contributed by atoms with Crippen LogP contribution in [0.3, 0.4) is 0 Å². The first-order valence-electron chi connectivity index (χ1n) is 6.85. The van der Waals surface area contributed by atoms with Crippen molar-refractivity contribution >= 4 is 0 Å². The predicted molar refractivity (Wildman–Crippen MR) is 73.9 cm³/mol. The molecule has 0 spiro atoms. The van der Waals surface area contributed by atoms with E-state index in [1.54, 1.807) is 0 Å². The fraction of sp³-hybridized carbons (Fsp3) is 1.00. The zero-order valence-electron chi connectivity index (χ0n) is 12.2. The van der Waals surface area contributed by atoms with Gasteiger partial charge in [0.05, 0.1) is 0 Å². The molecule has 0 saturated carbocycles. The van der Waals surface area contributed by atoms with E-state index in [9.17, 15) is 0 Å². The monoisotopic (exact) mass is 228 g/mol. The molecule has 1 atom stereocenters. The number of rotatable bonds is 9. The Labute approximate surface area is 103 Å². The molecule has 2 nitrogen and oxygen atoms in total. The van der Waals surface area contributed by atoms with Gasteiger partial charge in [-0.15, -0.1) is 0 Å². The Bertz CT molecular complexity index is 145. The molecule has 0 saturated heterocycles. The topological polar surface area (TPSA) is 15.3 Å². The van der Waals surface area contributed by atoms with Gasteiger partial charge >= 0.3 is 0 Å². The largest absolute Gasteiger partial charge is 0.317 e. The minimum atomic E-state index is 0.653. The summed E-state index contributed by atoms with van der Waals surface area (Å²) in [5, 5.41) is 3.30. The lowest BCUT2D eigenvalue weighted by molar-refractivity contribution is 0.213. The van der Waals surface area contributed by atoms with Crippen LogP contribution in [0.1, 0.15) is 47.5 Å². The quantitative estimate of drug-likeness (QED) is 0.652. The first-order valence-corrected chi connectivity index (χ1v) is 6.85. The van der Waals surface area contributed by atoms with E-state index < -0.39 is 0 Å². The number of nitrogens with one attached hydrogen (secondary N) is 1. The van der Waals surface area contributed by atoms with E-state index in [2.05, 4.69) is 44.8 Å². The van der Waals surface area contributed by atoms with Crippen molar-refractivity contribution in [1.82, 2.24) is 10.2 Å². The summed E-state index contributed by atoms with van der Waals surface area (Å²) in [6.07, 6.45) is 2.59. The van der Waals surface area contributed by atoms with Crippen LogP contribution in [-0.4, -0.2) is 37.6 Å². The van der Waals surface area contributed by atoms with E-state index in [4.69, 9.17) is 0 Å². The van der Waals surface area contributed by atoms with E-state index in [-0.39, 0.29) is 0 Å². The molecule has 16 heavy (non-hydrogen) atoms. The first-order chi connectivity index (χ1) is 7.45. The summed E-state index contributed by atoms with van der Waals surface area (Å²) in [5.41, 5.74) is 0. The summed E-state index contributed by atoms with van der Waals surface area (Å²) >= 11 is 0. The third-order valence-corrected chi connectivity index (χ3v) is 2.85. The van der Waals surface area contributed by atoms with Crippen LogP contribution in [0.5, 0.6) is 0 Å². The standard InChI is InChI=1S/C14H32N2/c1-12(2)10-16(11-13(3)4)9-7-8-14(5)15-6/h12-15H,7-11H2,1-6H3. The molecule has 2 heteroatoms. The van der Waals surface area contributed by atoms with Crippen molar-refractivity contribution in [3.05, 3.63) is 0 Å². The highest BCUT2D eigenvalue weighted by Gasteiger charge is 2.09. The van der Waals surface area contributed by atoms with Crippen LogP contribution in [0.2, 0.25) is 0 Å². The lowest BCUT2D eigenvalue weighted by Crippen LogP contribution is -2.33. The number of nitrogens with zero attached hydrogens (tertiary/aromatic N) is 1. The Morgan fingerprint density at radius 2 is 1.44 bits per heavy atom. The summed E-state index contributed by atoms with van der Waals surface area (Å²) in [7, 11) is 2.05. The minimum absolute atomic E-state index is 0.653. The Balaban J connectivity index is 3.82. The normalized spacial score (nSPS) is 14.1. The average Bonchev–Trinajstić information content (AvgIpc) is 2.15. The van der Waals surface area contributed by atoms with Crippen molar-refractivity contribution in [3.63, 3.8) is 0 Å². The molecule has 0 aliphatic rings. The van der Waals surface area contributed by atoms with E-state index in [1.807, 2.05) is 7.05 Å². The maximum absolute atomic E-state index is 3.30. The van der Waals surface area contributed by atoms with Crippen LogP contribution in [0.15, 0.2) is 0 Å². The van der Waals surface area contributed by atoms with Crippen LogP contribution >= 0.6 is 0 Å². The smallest absolute Gasteiger partial charge is 0.00362 e. The van der Waals surface area contributed by atoms with Gasteiger partial charge < -0.3 is 10.2 Å². The zero-order valence-corrected chi connectivity index (χ0v) is 12.2. The third kappa shape index (κ3) is 9.17. The summed E-state index contributed by atoms with van der Waals surface area (Å²) in [5.74, 6) is 1.56. The Hall–Kier alpha value is -0.0800. The van der Waals surface area contributed by atoms with Crippen LogP contribution in [0.25, 0.3) is 0 Å². The number of hydrogen-bond donors (Lipinski definition) is 1. The Morgan fingerprint density at radius 1 is 0.938 bits per heavy atom. The van der Waals surface area contributed by atoms with Crippen molar-refractivity contribution in [2.45, 2.75) is 53.5 Å². The summed E-state index contributed by atoms with van der Waals surface area (Å²) in [6.45, 7) is 15.2. The molecule has 0 aliphatic carbocycles. The lowest BCUT2D eigenvalue weighted by Gasteiger charge is -2.26. The second kappa shape index (κ2) is 9.00. The Morgan fingerprint density at radius 3 is 1.81 bits per heavy atom. The molecule has 98 valence electrons. The van der Waals surface area contributed by atoms with Crippen molar-refractivity contribution in [2.75, 3.05) is 26.7 Å². The van der Waals surface area contributed by atoms with E-state index in [0.29, 0.717) is 6.04 Å². The van der Waals surface area contributed by atoms with E-state index in [0.717, 1.165) is 11.8 Å². The molecule has 1 unspecified atom stereocenters. The fourth-order valence-corrected chi connectivity index (χ4v) is 2.06. The van der Waals surface area contributed by atoms with Gasteiger partial charge in [0.15, 0.2) is 0 Å². The van der Waals surface area contributed by atoms with Gasteiger partial charge in [-0.05, 0) is 45.2 Å². The molecule has 0 amide bonds. The highest BCUT2D eigenvalue weighted by atomic mass is 15.1. The molecular weight excluding hydrogens is 196 g/mol. The second-order valence-corrected chi connectivity index (χ2v) is 5.88. The SMILES string of the molecule is CNC(C)CCCN(CC(C)C)CC(C)C. The molecule has 0 fully saturated rings. The molecule has 0 bridgehead atoms. The van der Waals surface area contributed by atoms with E-state index >= 15 is 0 Å². The van der Waals surface area contributed by atoms with Crippen molar-refractivity contribution in [3.8, 4) is 0 Å². The van der Waals surface area contributed by atoms with Gasteiger partial charge in [-0.25, -0.2) is 0 Å². The molecule has 0 aromatic rings. The fourth-order valence-electron chi connectivity index (χ4n) is 2.06. The number of hydrogen-bond acceptors (Lipinski definition) is 2. The average molecular weight is 228 g/mol. The second-order valence-electron chi connectivity index (χ2n) is 5.88. The highest BCUT2D eigenvalue weighted by molar-refractivity contribution is 4.65. The molecule has 0 radical (unpaired) electrons. The van der Waals surface area contributed by atoms with Gasteiger partial charge in [-0.1, -0.05) is 27.7 Å². The van der Waals surface area contributed by atoms with Gasteiger partial charge in [-0.2, -0.15) is 0 Å². The lowest BCUT2D eigenvalue weighted by atomic mass is 10.1. The molecule has 0 heterocycles. The predicted octanol–water partition coefficient (Wildman–Crippen LogP) is 2.99. The van der Waals surface area contributed by atoms with Gasteiger partial charge in [0.1, 0.15) is 0 Å². The minimum Gasteiger partial charge on any atom is -0.317 e. The first kappa shape index (κ1) is 15.9. The molecule has 0 aromatic heterocycles. The summed E-state index contributed by atoms with van der Waals surface area (Å²) < 4.78 is 0. The summed E-state index contributed by atoms with van der Waals surface area (Å²) in [6, 6.07) is 0.653. The van der Waals surface area contributed by atoms with E-state index in [1.165, 1.54) is 32.5 Å². The van der Waals surface area contributed by atoms with Crippen molar-refractivity contribution < 1.29 is 0 Å². The molecule has 0 rings (SSSR count). The molecule has 1 N–H and O–H groups in total. The Kier molecular flexibility index (Phi) is 8.96. The van der Waals surface area contributed by atoms with Crippen LogP contribution in [0, 0.1) is 11.8 Å². The van der Waals surface area contributed by atoms with Gasteiger partial charge in [0.2, 0.25) is 0 Å². The van der Waals surface area contributed by atoms with Gasteiger partial charge in [0, 0.05) is 19.1 Å². The molecule has 0 aliphatic heterocycles. The molecule has 0 aromatic carbocycles. The third-order valence-electron chi connectivity index (χ3n) is 2.85. The van der Waals surface area contributed by atoms with Gasteiger partial charge in [-0.3, -0.25) is 0 Å².